The molecule has 0 aromatic rings. The van der Waals surface area contributed by atoms with Gasteiger partial charge in [0.1, 0.15) is 0 Å². The van der Waals surface area contributed by atoms with Gasteiger partial charge in [-0.3, -0.25) is 0 Å². The summed E-state index contributed by atoms with van der Waals surface area (Å²) in [5.41, 5.74) is 0. The van der Waals surface area contributed by atoms with Gasteiger partial charge in [0.2, 0.25) is 0 Å². The van der Waals surface area contributed by atoms with E-state index in [9.17, 15) is 0 Å². The first-order valence-electron chi connectivity index (χ1n) is 5.97. The minimum atomic E-state index is 0.151. The van der Waals surface area contributed by atoms with E-state index < -0.39 is 0 Å². The third-order valence-electron chi connectivity index (χ3n) is 2.58. The predicted octanol–water partition coefficient (Wildman–Crippen LogP) is 3.21. The van der Waals surface area contributed by atoms with Gasteiger partial charge in [-0.25, -0.2) is 0 Å². The van der Waals surface area contributed by atoms with Crippen LogP contribution in [0.4, 0.5) is 0 Å². The Morgan fingerprint density at radius 3 is 2.67 bits per heavy atom. The van der Waals surface area contributed by atoms with E-state index in [0.29, 0.717) is 0 Å². The van der Waals surface area contributed by atoms with Crippen molar-refractivity contribution in [3.05, 3.63) is 12.7 Å². The monoisotopic (exact) mass is 208 g/mol. The second kappa shape index (κ2) is 9.73. The summed E-state index contributed by atoms with van der Waals surface area (Å²) in [5.74, 6) is 0.151. The minimum absolute atomic E-state index is 0.151. The lowest BCUT2D eigenvalue weighted by molar-refractivity contribution is 0.262. The summed E-state index contributed by atoms with van der Waals surface area (Å²) < 4.78 is 0. The SMILES string of the molecule is C=CCCCCCN(CC)CC(C)C#N. The van der Waals surface area contributed by atoms with Gasteiger partial charge in [0.25, 0.3) is 0 Å². The molecule has 0 spiro atoms. The third kappa shape index (κ3) is 8.20. The van der Waals surface area contributed by atoms with Gasteiger partial charge in [0.15, 0.2) is 0 Å². The number of rotatable bonds is 9. The standard InChI is InChI=1S/C13H24N2/c1-4-6-7-8-9-10-15(5-2)12-13(3)11-14/h4,13H,1,5-10,12H2,2-3H3. The molecule has 0 saturated carbocycles. The fraction of sp³-hybridized carbons (Fsp3) is 0.769. The molecule has 0 aliphatic carbocycles. The van der Waals surface area contributed by atoms with E-state index in [2.05, 4.69) is 24.5 Å². The van der Waals surface area contributed by atoms with Crippen molar-refractivity contribution in [3.63, 3.8) is 0 Å². The summed E-state index contributed by atoms with van der Waals surface area (Å²) >= 11 is 0. The molecule has 0 saturated heterocycles. The smallest absolute Gasteiger partial charge is 0.0666 e. The molecule has 0 aromatic heterocycles. The number of allylic oxidation sites excluding steroid dienone is 1. The maximum Gasteiger partial charge on any atom is 0.0666 e. The molecule has 0 radical (unpaired) electrons. The van der Waals surface area contributed by atoms with Gasteiger partial charge >= 0.3 is 0 Å². The number of hydrogen-bond acceptors (Lipinski definition) is 2. The summed E-state index contributed by atoms with van der Waals surface area (Å²) in [6.45, 7) is 10.9. The van der Waals surface area contributed by atoms with Crippen LogP contribution in [0.1, 0.15) is 39.5 Å². The van der Waals surface area contributed by atoms with Crippen LogP contribution >= 0.6 is 0 Å². The van der Waals surface area contributed by atoms with Crippen LogP contribution in [0.5, 0.6) is 0 Å². The van der Waals surface area contributed by atoms with Crippen LogP contribution in [0.25, 0.3) is 0 Å². The first-order chi connectivity index (χ1) is 7.24. The van der Waals surface area contributed by atoms with E-state index in [4.69, 9.17) is 5.26 Å². The van der Waals surface area contributed by atoms with Gasteiger partial charge in [-0.15, -0.1) is 6.58 Å². The summed E-state index contributed by atoms with van der Waals surface area (Å²) in [6, 6.07) is 2.29. The summed E-state index contributed by atoms with van der Waals surface area (Å²) in [6.07, 6.45) is 6.86. The molecule has 86 valence electrons. The Morgan fingerprint density at radius 2 is 2.13 bits per heavy atom. The van der Waals surface area contributed by atoms with Gasteiger partial charge in [-0.05, 0) is 39.3 Å². The molecule has 0 amide bonds. The quantitative estimate of drug-likeness (QED) is 0.430. The normalized spacial score (nSPS) is 12.4. The average Bonchev–Trinajstić information content (AvgIpc) is 2.26. The Hall–Kier alpha value is -0.810. The van der Waals surface area contributed by atoms with Gasteiger partial charge in [-0.1, -0.05) is 19.4 Å². The van der Waals surface area contributed by atoms with Crippen molar-refractivity contribution in [3.8, 4) is 6.07 Å². The molecule has 2 heteroatoms. The Kier molecular flexibility index (Phi) is 9.21. The first-order valence-corrected chi connectivity index (χ1v) is 5.97. The maximum absolute atomic E-state index is 8.73. The lowest BCUT2D eigenvalue weighted by Gasteiger charge is -2.21. The summed E-state index contributed by atoms with van der Waals surface area (Å²) in [7, 11) is 0. The highest BCUT2D eigenvalue weighted by molar-refractivity contribution is 4.81. The summed E-state index contributed by atoms with van der Waals surface area (Å²) in [4.78, 5) is 2.36. The third-order valence-corrected chi connectivity index (χ3v) is 2.58. The van der Waals surface area contributed by atoms with Crippen LogP contribution in [-0.4, -0.2) is 24.5 Å². The minimum Gasteiger partial charge on any atom is -0.302 e. The average molecular weight is 208 g/mol. The second-order valence-electron chi connectivity index (χ2n) is 4.06. The zero-order valence-corrected chi connectivity index (χ0v) is 10.2. The largest absolute Gasteiger partial charge is 0.302 e. The molecule has 0 fully saturated rings. The molecule has 0 aliphatic rings. The molecule has 0 aliphatic heterocycles. The number of hydrogen-bond donors (Lipinski definition) is 0. The zero-order chi connectivity index (χ0) is 11.5. The van der Waals surface area contributed by atoms with Gasteiger partial charge in [0.05, 0.1) is 12.0 Å². The highest BCUT2D eigenvalue weighted by Gasteiger charge is 2.06. The van der Waals surface area contributed by atoms with Gasteiger partial charge in [0, 0.05) is 6.54 Å². The molecule has 2 nitrogen and oxygen atoms in total. The Labute approximate surface area is 94.6 Å². The van der Waals surface area contributed by atoms with Gasteiger partial charge < -0.3 is 4.90 Å². The number of nitrogens with zero attached hydrogens (tertiary/aromatic N) is 2. The molecule has 0 N–H and O–H groups in total. The molecule has 15 heavy (non-hydrogen) atoms. The van der Waals surface area contributed by atoms with Crippen LogP contribution in [0.3, 0.4) is 0 Å². The van der Waals surface area contributed by atoms with E-state index >= 15 is 0 Å². The van der Waals surface area contributed by atoms with Gasteiger partial charge in [-0.2, -0.15) is 5.26 Å². The Morgan fingerprint density at radius 1 is 1.40 bits per heavy atom. The molecule has 0 aromatic carbocycles. The van der Waals surface area contributed by atoms with Crippen molar-refractivity contribution in [2.45, 2.75) is 39.5 Å². The molecular weight excluding hydrogens is 184 g/mol. The summed E-state index contributed by atoms with van der Waals surface area (Å²) in [5, 5.41) is 8.73. The van der Waals surface area contributed by atoms with Crippen LogP contribution < -0.4 is 0 Å². The highest BCUT2D eigenvalue weighted by atomic mass is 15.1. The van der Waals surface area contributed by atoms with Crippen molar-refractivity contribution in [2.75, 3.05) is 19.6 Å². The predicted molar refractivity (Wildman–Crippen MR) is 65.6 cm³/mol. The molecule has 0 bridgehead atoms. The van der Waals surface area contributed by atoms with Crippen molar-refractivity contribution < 1.29 is 0 Å². The van der Waals surface area contributed by atoms with E-state index in [1.54, 1.807) is 0 Å². The number of nitriles is 1. The van der Waals surface area contributed by atoms with Crippen molar-refractivity contribution in [1.29, 1.82) is 5.26 Å². The van der Waals surface area contributed by atoms with Crippen LogP contribution in [0, 0.1) is 17.2 Å². The molecular formula is C13H24N2. The van der Waals surface area contributed by atoms with Crippen LogP contribution in [0.2, 0.25) is 0 Å². The van der Waals surface area contributed by atoms with E-state index in [1.807, 2.05) is 13.0 Å². The molecule has 1 unspecified atom stereocenters. The van der Waals surface area contributed by atoms with E-state index in [0.717, 1.165) is 26.1 Å². The van der Waals surface area contributed by atoms with Crippen LogP contribution in [-0.2, 0) is 0 Å². The van der Waals surface area contributed by atoms with Crippen molar-refractivity contribution in [1.82, 2.24) is 4.90 Å². The van der Waals surface area contributed by atoms with E-state index in [-0.39, 0.29) is 5.92 Å². The fourth-order valence-electron chi connectivity index (χ4n) is 1.61. The fourth-order valence-corrected chi connectivity index (χ4v) is 1.61. The van der Waals surface area contributed by atoms with Crippen molar-refractivity contribution in [2.24, 2.45) is 5.92 Å². The highest BCUT2D eigenvalue weighted by Crippen LogP contribution is 2.04. The van der Waals surface area contributed by atoms with E-state index in [1.165, 1.54) is 19.3 Å². The number of unbranched alkanes of at least 4 members (excludes halogenated alkanes) is 3. The molecule has 1 atom stereocenters. The maximum atomic E-state index is 8.73. The molecule has 0 rings (SSSR count). The first kappa shape index (κ1) is 14.2. The van der Waals surface area contributed by atoms with Crippen LogP contribution in [0.15, 0.2) is 12.7 Å². The van der Waals surface area contributed by atoms with Crippen molar-refractivity contribution >= 4 is 0 Å². The Bertz CT molecular complexity index is 193. The topological polar surface area (TPSA) is 27.0 Å². The second-order valence-corrected chi connectivity index (χ2v) is 4.06. The Balaban J connectivity index is 3.53. The zero-order valence-electron chi connectivity index (χ0n) is 10.2. The molecule has 0 heterocycles. The lowest BCUT2D eigenvalue weighted by Crippen LogP contribution is -2.29. The lowest BCUT2D eigenvalue weighted by atomic mass is 10.1.